The molecule has 0 aliphatic carbocycles. The molecule has 1 aromatic carbocycles. The number of thiophene rings is 1. The van der Waals surface area contributed by atoms with E-state index in [4.69, 9.17) is 4.74 Å². The van der Waals surface area contributed by atoms with Crippen LogP contribution in [0.15, 0.2) is 24.3 Å². The minimum atomic E-state index is -3.54. The zero-order valence-electron chi connectivity index (χ0n) is 11.9. The third-order valence-electron chi connectivity index (χ3n) is 2.72. The number of fused-ring (bicyclic) bond motifs is 1. The van der Waals surface area contributed by atoms with E-state index < -0.39 is 10.2 Å². The van der Waals surface area contributed by atoms with Gasteiger partial charge in [-0.15, -0.1) is 11.3 Å². The van der Waals surface area contributed by atoms with Crippen molar-refractivity contribution in [1.82, 2.24) is 4.31 Å². The Hall–Kier alpha value is -1.64. The molecule has 21 heavy (non-hydrogen) atoms. The molecule has 0 unspecified atom stereocenters. The van der Waals surface area contributed by atoms with Crippen LogP contribution in [0, 0.1) is 0 Å². The quantitative estimate of drug-likeness (QED) is 0.855. The summed E-state index contributed by atoms with van der Waals surface area (Å²) < 4.78 is 33.0. The van der Waals surface area contributed by atoms with E-state index in [0.717, 1.165) is 14.4 Å². The highest BCUT2D eigenvalue weighted by molar-refractivity contribution is 7.90. The van der Waals surface area contributed by atoms with E-state index in [-0.39, 0.29) is 5.97 Å². The highest BCUT2D eigenvalue weighted by atomic mass is 32.2. The van der Waals surface area contributed by atoms with Gasteiger partial charge in [-0.05, 0) is 36.6 Å². The first-order valence-corrected chi connectivity index (χ1v) is 8.50. The van der Waals surface area contributed by atoms with Crippen LogP contribution >= 0.6 is 11.3 Å². The van der Waals surface area contributed by atoms with Gasteiger partial charge in [0.1, 0.15) is 4.88 Å². The molecule has 0 amide bonds. The van der Waals surface area contributed by atoms with E-state index in [2.05, 4.69) is 4.72 Å². The van der Waals surface area contributed by atoms with Crippen molar-refractivity contribution in [2.24, 2.45) is 0 Å². The number of nitrogens with zero attached hydrogens (tertiary/aromatic N) is 1. The second-order valence-corrected chi connectivity index (χ2v) is 7.44. The molecule has 6 nitrogen and oxygen atoms in total. The van der Waals surface area contributed by atoms with Crippen LogP contribution in [0.5, 0.6) is 0 Å². The highest BCUT2D eigenvalue weighted by Crippen LogP contribution is 2.29. The van der Waals surface area contributed by atoms with Crippen LogP contribution in [0.2, 0.25) is 0 Å². The average molecular weight is 328 g/mol. The van der Waals surface area contributed by atoms with Gasteiger partial charge in [0.2, 0.25) is 0 Å². The lowest BCUT2D eigenvalue weighted by Crippen LogP contribution is -2.28. The summed E-state index contributed by atoms with van der Waals surface area (Å²) in [5.74, 6) is -0.367. The van der Waals surface area contributed by atoms with Gasteiger partial charge in [-0.3, -0.25) is 4.72 Å². The molecule has 0 spiro atoms. The van der Waals surface area contributed by atoms with E-state index >= 15 is 0 Å². The second-order valence-electron chi connectivity index (χ2n) is 4.47. The fourth-order valence-corrected chi connectivity index (χ4v) is 3.19. The van der Waals surface area contributed by atoms with Gasteiger partial charge in [0.15, 0.2) is 0 Å². The van der Waals surface area contributed by atoms with Gasteiger partial charge < -0.3 is 4.74 Å². The number of rotatable bonds is 5. The number of ether oxygens (including phenoxy) is 1. The number of benzene rings is 1. The maximum atomic E-state index is 11.8. The molecule has 0 radical (unpaired) electrons. The lowest BCUT2D eigenvalue weighted by Gasteiger charge is -2.13. The van der Waals surface area contributed by atoms with Crippen molar-refractivity contribution in [1.29, 1.82) is 0 Å². The Kier molecular flexibility index (Phi) is 4.50. The van der Waals surface area contributed by atoms with Gasteiger partial charge in [0.25, 0.3) is 0 Å². The maximum Gasteiger partial charge on any atom is 0.348 e. The largest absolute Gasteiger partial charge is 0.462 e. The standard InChI is InChI=1S/C13H16N2O4S2/c1-4-19-13(16)12-8-9-7-10(5-6-11(9)20-12)14-21(17,18)15(2)3/h5-8,14H,4H2,1-3H3. The van der Waals surface area contributed by atoms with E-state index in [1.165, 1.54) is 25.4 Å². The molecule has 1 N–H and O–H groups in total. The number of carbonyl (C=O) groups excluding carboxylic acids is 1. The molecule has 1 heterocycles. The van der Waals surface area contributed by atoms with Crippen molar-refractivity contribution in [3.8, 4) is 0 Å². The van der Waals surface area contributed by atoms with Crippen molar-refractivity contribution in [2.45, 2.75) is 6.92 Å². The molecule has 0 saturated carbocycles. The fraction of sp³-hybridized carbons (Fsp3) is 0.308. The molecule has 2 aromatic rings. The van der Waals surface area contributed by atoms with Gasteiger partial charge in [-0.25, -0.2) is 4.79 Å². The molecule has 114 valence electrons. The Morgan fingerprint density at radius 1 is 1.33 bits per heavy atom. The molecule has 1 aromatic heterocycles. The molecule has 0 atom stereocenters. The summed E-state index contributed by atoms with van der Waals surface area (Å²) in [6.07, 6.45) is 0. The van der Waals surface area contributed by atoms with Crippen LogP contribution in [0.25, 0.3) is 10.1 Å². The summed E-state index contributed by atoms with van der Waals surface area (Å²) in [6.45, 7) is 2.07. The maximum absolute atomic E-state index is 11.8. The molecule has 0 bridgehead atoms. The van der Waals surface area contributed by atoms with E-state index in [9.17, 15) is 13.2 Å². The van der Waals surface area contributed by atoms with Crippen molar-refractivity contribution in [2.75, 3.05) is 25.4 Å². The normalized spacial score (nSPS) is 11.8. The van der Waals surface area contributed by atoms with Crippen molar-refractivity contribution in [3.05, 3.63) is 29.1 Å². The van der Waals surface area contributed by atoms with Crippen LogP contribution in [0.1, 0.15) is 16.6 Å². The van der Waals surface area contributed by atoms with Crippen LogP contribution in [-0.2, 0) is 14.9 Å². The Morgan fingerprint density at radius 2 is 2.05 bits per heavy atom. The number of esters is 1. The number of anilines is 1. The van der Waals surface area contributed by atoms with Gasteiger partial charge in [0, 0.05) is 18.8 Å². The predicted octanol–water partition coefficient (Wildman–Crippen LogP) is 2.30. The third-order valence-corrected chi connectivity index (χ3v) is 5.27. The van der Waals surface area contributed by atoms with Crippen LogP contribution < -0.4 is 4.72 Å². The summed E-state index contributed by atoms with van der Waals surface area (Å²) in [5, 5.41) is 0.794. The van der Waals surface area contributed by atoms with Gasteiger partial charge in [-0.2, -0.15) is 12.7 Å². The van der Waals surface area contributed by atoms with Gasteiger partial charge in [0.05, 0.1) is 12.3 Å². The van der Waals surface area contributed by atoms with Crippen molar-refractivity contribution < 1.29 is 17.9 Å². The second kappa shape index (κ2) is 6.00. The smallest absolute Gasteiger partial charge is 0.348 e. The van der Waals surface area contributed by atoms with E-state index in [0.29, 0.717) is 17.2 Å². The van der Waals surface area contributed by atoms with Gasteiger partial charge >= 0.3 is 16.2 Å². The van der Waals surface area contributed by atoms with Crippen LogP contribution in [0.4, 0.5) is 5.69 Å². The molecular weight excluding hydrogens is 312 g/mol. The molecule has 2 rings (SSSR count). The first-order valence-electron chi connectivity index (χ1n) is 6.24. The lowest BCUT2D eigenvalue weighted by atomic mass is 10.2. The number of carbonyl (C=O) groups is 1. The molecule has 0 aliphatic heterocycles. The summed E-state index contributed by atoms with van der Waals surface area (Å²) in [5.41, 5.74) is 0.449. The number of hydrogen-bond acceptors (Lipinski definition) is 5. The third kappa shape index (κ3) is 3.52. The van der Waals surface area contributed by atoms with Gasteiger partial charge in [-0.1, -0.05) is 0 Å². The van der Waals surface area contributed by atoms with Crippen LogP contribution in [-0.4, -0.2) is 39.4 Å². The van der Waals surface area contributed by atoms with Crippen molar-refractivity contribution >= 4 is 43.3 Å². The Balaban J connectivity index is 2.32. The Bertz CT molecular complexity index is 766. The minimum absolute atomic E-state index is 0.320. The van der Waals surface area contributed by atoms with E-state index in [1.54, 1.807) is 31.2 Å². The molecule has 0 aliphatic rings. The fourth-order valence-electron chi connectivity index (χ4n) is 1.65. The molecule has 0 saturated heterocycles. The first-order chi connectivity index (χ1) is 9.83. The minimum Gasteiger partial charge on any atom is -0.462 e. The Labute approximate surface area is 127 Å². The zero-order chi connectivity index (χ0) is 15.6. The number of hydrogen-bond donors (Lipinski definition) is 1. The van der Waals surface area contributed by atoms with Crippen LogP contribution in [0.3, 0.4) is 0 Å². The predicted molar refractivity (Wildman–Crippen MR) is 84.0 cm³/mol. The lowest BCUT2D eigenvalue weighted by molar-refractivity contribution is 0.0532. The van der Waals surface area contributed by atoms with Crippen molar-refractivity contribution in [3.63, 3.8) is 0 Å². The molecular formula is C13H16N2O4S2. The summed E-state index contributed by atoms with van der Waals surface area (Å²) in [4.78, 5) is 12.2. The Morgan fingerprint density at radius 3 is 2.67 bits per heavy atom. The molecule has 0 fully saturated rings. The zero-order valence-corrected chi connectivity index (χ0v) is 13.5. The summed E-state index contributed by atoms with van der Waals surface area (Å²) in [6, 6.07) is 6.83. The topological polar surface area (TPSA) is 75.7 Å². The summed E-state index contributed by atoms with van der Waals surface area (Å²) >= 11 is 1.32. The average Bonchev–Trinajstić information content (AvgIpc) is 2.81. The number of nitrogens with one attached hydrogen (secondary N) is 1. The monoisotopic (exact) mass is 328 g/mol. The summed E-state index contributed by atoms with van der Waals surface area (Å²) in [7, 11) is -0.645. The SMILES string of the molecule is CCOC(=O)c1cc2cc(NS(=O)(=O)N(C)C)ccc2s1. The molecule has 8 heteroatoms. The first kappa shape index (κ1) is 15.7. The van der Waals surface area contributed by atoms with E-state index in [1.807, 2.05) is 0 Å². The highest BCUT2D eigenvalue weighted by Gasteiger charge is 2.15.